The van der Waals surface area contributed by atoms with Gasteiger partial charge in [-0.3, -0.25) is 4.98 Å². The molecule has 0 unspecified atom stereocenters. The van der Waals surface area contributed by atoms with E-state index >= 15 is 0 Å². The summed E-state index contributed by atoms with van der Waals surface area (Å²) in [5, 5.41) is 3.60. The molecule has 0 amide bonds. The van der Waals surface area contributed by atoms with E-state index in [0.717, 1.165) is 11.6 Å². The molecule has 0 atom stereocenters. The van der Waals surface area contributed by atoms with Gasteiger partial charge in [0.1, 0.15) is 0 Å². The second-order valence-corrected chi connectivity index (χ2v) is 4.43. The van der Waals surface area contributed by atoms with Crippen molar-refractivity contribution in [2.75, 3.05) is 6.54 Å². The molecular formula is C11H14N2. The maximum absolute atomic E-state index is 4.35. The van der Waals surface area contributed by atoms with Gasteiger partial charge in [-0.25, -0.2) is 0 Å². The van der Waals surface area contributed by atoms with Crippen LogP contribution in [0.5, 0.6) is 0 Å². The van der Waals surface area contributed by atoms with Crippen LogP contribution >= 0.6 is 0 Å². The van der Waals surface area contributed by atoms with Gasteiger partial charge in [0, 0.05) is 17.4 Å². The molecule has 2 heteroatoms. The first-order chi connectivity index (χ1) is 6.28. The van der Waals surface area contributed by atoms with E-state index in [1.54, 1.807) is 0 Å². The number of hydrogen-bond acceptors (Lipinski definition) is 2. The van der Waals surface area contributed by atoms with Gasteiger partial charge in [-0.2, -0.15) is 0 Å². The maximum Gasteiger partial charge on any atom is 0.0456 e. The molecule has 3 fully saturated rings. The highest BCUT2D eigenvalue weighted by molar-refractivity contribution is 5.29. The number of hydrogen-bond donors (Lipinski definition) is 1. The predicted molar refractivity (Wildman–Crippen MR) is 51.4 cm³/mol. The van der Waals surface area contributed by atoms with Crippen LogP contribution in [0.3, 0.4) is 0 Å². The van der Waals surface area contributed by atoms with E-state index in [9.17, 15) is 0 Å². The molecule has 1 aromatic rings. The minimum absolute atomic E-state index is 0.311. The number of aryl methyl sites for hydroxylation is 1. The number of fused-ring (bicyclic) bond motifs is 1. The summed E-state index contributed by atoms with van der Waals surface area (Å²) in [6.45, 7) is 3.24. The Balaban J connectivity index is 1.96. The molecule has 1 aromatic heterocycles. The van der Waals surface area contributed by atoms with Gasteiger partial charge in [-0.05, 0) is 43.9 Å². The highest BCUT2D eigenvalue weighted by Crippen LogP contribution is 2.50. The highest BCUT2D eigenvalue weighted by Gasteiger charge is 2.51. The summed E-state index contributed by atoms with van der Waals surface area (Å²) in [5.41, 5.74) is 2.80. The number of pyridine rings is 1. The van der Waals surface area contributed by atoms with Crippen LogP contribution in [0.2, 0.25) is 0 Å². The minimum Gasteiger partial charge on any atom is -0.307 e. The van der Waals surface area contributed by atoms with Crippen molar-refractivity contribution >= 4 is 0 Å². The smallest absolute Gasteiger partial charge is 0.0456 e. The van der Waals surface area contributed by atoms with Crippen LogP contribution in [0.4, 0.5) is 0 Å². The molecule has 2 saturated heterocycles. The van der Waals surface area contributed by atoms with E-state index in [0.29, 0.717) is 5.54 Å². The lowest BCUT2D eigenvalue weighted by Crippen LogP contribution is -2.39. The average molecular weight is 174 g/mol. The zero-order chi connectivity index (χ0) is 8.89. The Kier molecular flexibility index (Phi) is 1.34. The topological polar surface area (TPSA) is 24.9 Å². The number of rotatable bonds is 1. The molecule has 2 bridgehead atoms. The van der Waals surface area contributed by atoms with Crippen LogP contribution in [-0.2, 0) is 5.54 Å². The Morgan fingerprint density at radius 2 is 2.31 bits per heavy atom. The molecule has 68 valence electrons. The first-order valence-corrected chi connectivity index (χ1v) is 4.97. The summed E-state index contributed by atoms with van der Waals surface area (Å²) in [6, 6.07) is 4.33. The van der Waals surface area contributed by atoms with Gasteiger partial charge in [-0.1, -0.05) is 6.07 Å². The normalized spacial score (nSPS) is 35.9. The zero-order valence-electron chi connectivity index (χ0n) is 7.88. The van der Waals surface area contributed by atoms with Crippen molar-refractivity contribution < 1.29 is 0 Å². The Morgan fingerprint density at radius 1 is 1.46 bits per heavy atom. The third kappa shape index (κ3) is 0.953. The van der Waals surface area contributed by atoms with Gasteiger partial charge in [0.25, 0.3) is 0 Å². The fourth-order valence-electron chi connectivity index (χ4n) is 2.64. The van der Waals surface area contributed by atoms with Gasteiger partial charge < -0.3 is 5.32 Å². The summed E-state index contributed by atoms with van der Waals surface area (Å²) in [6.07, 6.45) is 4.67. The molecule has 4 rings (SSSR count). The largest absolute Gasteiger partial charge is 0.307 e. The number of nitrogens with one attached hydrogen (secondary N) is 1. The van der Waals surface area contributed by atoms with Gasteiger partial charge in [0.15, 0.2) is 0 Å². The zero-order valence-corrected chi connectivity index (χ0v) is 7.88. The maximum atomic E-state index is 4.35. The summed E-state index contributed by atoms with van der Waals surface area (Å²) >= 11 is 0. The Labute approximate surface area is 78.4 Å². The van der Waals surface area contributed by atoms with E-state index in [-0.39, 0.29) is 0 Å². The van der Waals surface area contributed by atoms with Crippen molar-refractivity contribution in [1.29, 1.82) is 0 Å². The van der Waals surface area contributed by atoms with Crippen molar-refractivity contribution in [2.45, 2.75) is 25.3 Å². The van der Waals surface area contributed by atoms with Crippen molar-refractivity contribution in [3.05, 3.63) is 29.6 Å². The van der Waals surface area contributed by atoms with Crippen LogP contribution in [0.25, 0.3) is 0 Å². The van der Waals surface area contributed by atoms with Crippen LogP contribution in [0.1, 0.15) is 24.1 Å². The Hall–Kier alpha value is -0.890. The van der Waals surface area contributed by atoms with Crippen LogP contribution in [0.15, 0.2) is 18.3 Å². The summed E-state index contributed by atoms with van der Waals surface area (Å²) in [5.74, 6) is 0.932. The molecule has 0 radical (unpaired) electrons. The van der Waals surface area contributed by atoms with E-state index < -0.39 is 0 Å². The first kappa shape index (κ1) is 7.51. The fourth-order valence-corrected chi connectivity index (χ4v) is 2.64. The molecule has 0 spiro atoms. The molecule has 3 aliphatic rings. The Morgan fingerprint density at radius 3 is 2.85 bits per heavy atom. The molecule has 0 aromatic carbocycles. The molecule has 1 saturated carbocycles. The molecule has 1 N–H and O–H groups in total. The highest BCUT2D eigenvalue weighted by atomic mass is 15.1. The number of nitrogens with zero attached hydrogens (tertiary/aromatic N) is 1. The fraction of sp³-hybridized carbons (Fsp3) is 0.545. The third-order valence-corrected chi connectivity index (χ3v) is 3.47. The summed E-state index contributed by atoms with van der Waals surface area (Å²) < 4.78 is 0. The third-order valence-electron chi connectivity index (χ3n) is 3.47. The van der Waals surface area contributed by atoms with Crippen molar-refractivity contribution in [2.24, 2.45) is 5.92 Å². The standard InChI is InChI=1S/C11H14N2/c1-8-2-3-10(7-12-8)11-4-9(5-11)6-13-11/h2-3,7,9,13H,4-6H2,1H3. The quantitative estimate of drug-likeness (QED) is 0.699. The molecule has 3 heterocycles. The van der Waals surface area contributed by atoms with Crippen molar-refractivity contribution in [1.82, 2.24) is 10.3 Å². The van der Waals surface area contributed by atoms with E-state index in [2.05, 4.69) is 22.4 Å². The van der Waals surface area contributed by atoms with Gasteiger partial charge in [0.05, 0.1) is 0 Å². The molecule has 1 aliphatic carbocycles. The van der Waals surface area contributed by atoms with Crippen molar-refractivity contribution in [3.63, 3.8) is 0 Å². The van der Waals surface area contributed by atoms with E-state index in [4.69, 9.17) is 0 Å². The van der Waals surface area contributed by atoms with Crippen LogP contribution < -0.4 is 5.32 Å². The monoisotopic (exact) mass is 174 g/mol. The second kappa shape index (κ2) is 2.32. The number of aromatic nitrogens is 1. The molecule has 13 heavy (non-hydrogen) atoms. The molecule has 2 aliphatic heterocycles. The lowest BCUT2D eigenvalue weighted by Gasteiger charge is -2.37. The lowest BCUT2D eigenvalue weighted by atomic mass is 9.70. The first-order valence-electron chi connectivity index (χ1n) is 4.97. The van der Waals surface area contributed by atoms with Gasteiger partial charge >= 0.3 is 0 Å². The lowest BCUT2D eigenvalue weighted by molar-refractivity contribution is 0.229. The summed E-state index contributed by atoms with van der Waals surface area (Å²) in [4.78, 5) is 4.35. The SMILES string of the molecule is Cc1ccc(C23CC(CN2)C3)cn1. The second-order valence-electron chi connectivity index (χ2n) is 4.43. The van der Waals surface area contributed by atoms with E-state index in [1.165, 1.54) is 24.9 Å². The van der Waals surface area contributed by atoms with Crippen LogP contribution in [0, 0.1) is 12.8 Å². The average Bonchev–Trinajstić information content (AvgIpc) is 2.63. The van der Waals surface area contributed by atoms with Crippen molar-refractivity contribution in [3.8, 4) is 0 Å². The van der Waals surface area contributed by atoms with Gasteiger partial charge in [-0.15, -0.1) is 0 Å². The molecular weight excluding hydrogens is 160 g/mol. The summed E-state index contributed by atoms with van der Waals surface area (Å²) in [7, 11) is 0. The predicted octanol–water partition coefficient (Wildman–Crippen LogP) is 1.60. The Bertz CT molecular complexity index is 317. The minimum atomic E-state index is 0.311. The van der Waals surface area contributed by atoms with Crippen LogP contribution in [-0.4, -0.2) is 11.5 Å². The van der Waals surface area contributed by atoms with Gasteiger partial charge in [0.2, 0.25) is 0 Å². The molecule has 2 nitrogen and oxygen atoms in total. The van der Waals surface area contributed by atoms with E-state index in [1.807, 2.05) is 13.1 Å².